The van der Waals surface area contributed by atoms with Gasteiger partial charge < -0.3 is 19.9 Å². The number of H-pyrrole nitrogens is 1. The van der Waals surface area contributed by atoms with E-state index < -0.39 is 5.54 Å². The SMILES string of the molecule is CCc1ccc(C2(C)NC(=O)c3c2[nH]c2cc(C#N)ccc32)cc1N1CCC(N2CCOCC2)CC1. The largest absolute Gasteiger partial charge is 0.379 e. The molecule has 1 amide bonds. The number of aromatic nitrogens is 1. The molecule has 36 heavy (non-hydrogen) atoms. The first-order chi connectivity index (χ1) is 17.5. The summed E-state index contributed by atoms with van der Waals surface area (Å²) in [5.74, 6) is -0.0732. The maximum atomic E-state index is 13.2. The van der Waals surface area contributed by atoms with Gasteiger partial charge in [-0.15, -0.1) is 0 Å². The van der Waals surface area contributed by atoms with Crippen LogP contribution in [0.5, 0.6) is 0 Å². The van der Waals surface area contributed by atoms with Crippen molar-refractivity contribution in [3.63, 3.8) is 0 Å². The van der Waals surface area contributed by atoms with Crippen LogP contribution in [-0.4, -0.2) is 61.2 Å². The smallest absolute Gasteiger partial charge is 0.254 e. The minimum atomic E-state index is -0.661. The van der Waals surface area contributed by atoms with Gasteiger partial charge in [0, 0.05) is 48.8 Å². The first-order valence-corrected chi connectivity index (χ1v) is 13.1. The Morgan fingerprint density at radius 1 is 1.11 bits per heavy atom. The first-order valence-electron chi connectivity index (χ1n) is 13.1. The number of ether oxygens (including phenoxy) is 1. The molecule has 3 aliphatic heterocycles. The summed E-state index contributed by atoms with van der Waals surface area (Å²) >= 11 is 0. The lowest BCUT2D eigenvalue weighted by Crippen LogP contribution is -2.49. The summed E-state index contributed by atoms with van der Waals surface area (Å²) in [5.41, 5.74) is 6.00. The van der Waals surface area contributed by atoms with Gasteiger partial charge in [0.05, 0.1) is 36.1 Å². The van der Waals surface area contributed by atoms with E-state index in [0.717, 1.165) is 80.8 Å². The molecule has 2 saturated heterocycles. The van der Waals surface area contributed by atoms with Crippen LogP contribution in [-0.2, 0) is 16.7 Å². The van der Waals surface area contributed by atoms with Gasteiger partial charge in [-0.3, -0.25) is 9.69 Å². The fraction of sp³-hybridized carbons (Fsp3) is 0.448. The molecular formula is C29H33N5O2. The Kier molecular flexibility index (Phi) is 5.74. The summed E-state index contributed by atoms with van der Waals surface area (Å²) in [5, 5.41) is 13.4. The molecule has 0 radical (unpaired) electrons. The molecule has 0 bridgehead atoms. The van der Waals surface area contributed by atoms with Gasteiger partial charge in [-0.25, -0.2) is 0 Å². The van der Waals surface area contributed by atoms with E-state index in [-0.39, 0.29) is 5.91 Å². The highest BCUT2D eigenvalue weighted by atomic mass is 16.5. The van der Waals surface area contributed by atoms with E-state index in [0.29, 0.717) is 17.2 Å². The van der Waals surface area contributed by atoms with E-state index in [1.54, 1.807) is 6.07 Å². The second kappa shape index (κ2) is 8.95. The molecule has 7 heteroatoms. The number of nitrogens with zero attached hydrogens (tertiary/aromatic N) is 3. The number of amides is 1. The van der Waals surface area contributed by atoms with E-state index in [2.05, 4.69) is 58.2 Å². The van der Waals surface area contributed by atoms with Crippen LogP contribution < -0.4 is 10.2 Å². The first kappa shape index (κ1) is 23.1. The third-order valence-electron chi connectivity index (χ3n) is 8.43. The van der Waals surface area contributed by atoms with Crippen molar-refractivity contribution in [2.75, 3.05) is 44.3 Å². The average molecular weight is 484 g/mol. The fourth-order valence-corrected chi connectivity index (χ4v) is 6.33. The Balaban J connectivity index is 1.32. The van der Waals surface area contributed by atoms with Gasteiger partial charge in [0.15, 0.2) is 0 Å². The monoisotopic (exact) mass is 483 g/mol. The van der Waals surface area contributed by atoms with Crippen molar-refractivity contribution in [2.45, 2.75) is 44.7 Å². The van der Waals surface area contributed by atoms with Crippen LogP contribution in [0.25, 0.3) is 10.9 Å². The molecule has 0 spiro atoms. The maximum Gasteiger partial charge on any atom is 0.254 e. The lowest BCUT2D eigenvalue weighted by Gasteiger charge is -2.41. The number of rotatable bonds is 4. The van der Waals surface area contributed by atoms with Crippen LogP contribution in [0.4, 0.5) is 5.69 Å². The molecule has 186 valence electrons. The van der Waals surface area contributed by atoms with Crippen molar-refractivity contribution < 1.29 is 9.53 Å². The molecule has 0 aliphatic carbocycles. The van der Waals surface area contributed by atoms with E-state index >= 15 is 0 Å². The van der Waals surface area contributed by atoms with Gasteiger partial charge in [0.25, 0.3) is 5.91 Å². The zero-order valence-corrected chi connectivity index (χ0v) is 21.1. The minimum absolute atomic E-state index is 0.0732. The molecule has 1 atom stereocenters. The van der Waals surface area contributed by atoms with E-state index in [9.17, 15) is 10.1 Å². The van der Waals surface area contributed by atoms with E-state index in [1.807, 2.05) is 12.1 Å². The summed E-state index contributed by atoms with van der Waals surface area (Å²) in [7, 11) is 0. The summed E-state index contributed by atoms with van der Waals surface area (Å²) in [6.07, 6.45) is 3.29. The van der Waals surface area contributed by atoms with E-state index in [4.69, 9.17) is 4.74 Å². The molecule has 2 fully saturated rings. The van der Waals surface area contributed by atoms with Crippen LogP contribution in [0.1, 0.15) is 59.4 Å². The molecule has 6 rings (SSSR count). The molecular weight excluding hydrogens is 450 g/mol. The maximum absolute atomic E-state index is 13.2. The van der Waals surface area contributed by atoms with Crippen molar-refractivity contribution in [1.82, 2.24) is 15.2 Å². The minimum Gasteiger partial charge on any atom is -0.379 e. The summed E-state index contributed by atoms with van der Waals surface area (Å²) in [6.45, 7) is 10.1. The van der Waals surface area contributed by atoms with Crippen molar-refractivity contribution >= 4 is 22.5 Å². The zero-order valence-electron chi connectivity index (χ0n) is 21.1. The Labute approximate surface area is 212 Å². The second-order valence-corrected chi connectivity index (χ2v) is 10.4. The second-order valence-electron chi connectivity index (χ2n) is 10.4. The number of hydrogen-bond donors (Lipinski definition) is 2. The summed E-state index contributed by atoms with van der Waals surface area (Å²) in [6, 6.07) is 15.0. The average Bonchev–Trinajstić information content (AvgIpc) is 3.44. The van der Waals surface area contributed by atoms with Crippen molar-refractivity contribution in [2.24, 2.45) is 0 Å². The highest BCUT2D eigenvalue weighted by Crippen LogP contribution is 2.42. The number of morpholine rings is 1. The number of piperidine rings is 1. The van der Waals surface area contributed by atoms with Gasteiger partial charge in [-0.05, 0) is 55.5 Å². The quantitative estimate of drug-likeness (QED) is 0.588. The van der Waals surface area contributed by atoms with Crippen LogP contribution >= 0.6 is 0 Å². The zero-order chi connectivity index (χ0) is 24.9. The predicted octanol–water partition coefficient (Wildman–Crippen LogP) is 3.91. The Bertz CT molecular complexity index is 1360. The van der Waals surface area contributed by atoms with Crippen molar-refractivity contribution in [1.29, 1.82) is 5.26 Å². The molecule has 1 unspecified atom stereocenters. The number of anilines is 1. The number of hydrogen-bond acceptors (Lipinski definition) is 5. The van der Waals surface area contributed by atoms with Crippen LogP contribution in [0.2, 0.25) is 0 Å². The highest BCUT2D eigenvalue weighted by molar-refractivity contribution is 6.11. The van der Waals surface area contributed by atoms with Crippen molar-refractivity contribution in [3.8, 4) is 6.07 Å². The third-order valence-corrected chi connectivity index (χ3v) is 8.43. The highest BCUT2D eigenvalue weighted by Gasteiger charge is 2.43. The molecule has 1 aromatic heterocycles. The summed E-state index contributed by atoms with van der Waals surface area (Å²) < 4.78 is 5.55. The Morgan fingerprint density at radius 3 is 2.61 bits per heavy atom. The molecule has 7 nitrogen and oxygen atoms in total. The molecule has 2 aromatic carbocycles. The number of nitriles is 1. The van der Waals surface area contributed by atoms with Gasteiger partial charge in [-0.1, -0.05) is 25.1 Å². The number of fused-ring (bicyclic) bond motifs is 3. The topological polar surface area (TPSA) is 84.4 Å². The number of carbonyl (C=O) groups excluding carboxylic acids is 1. The molecule has 0 saturated carbocycles. The van der Waals surface area contributed by atoms with Crippen molar-refractivity contribution in [3.05, 3.63) is 64.3 Å². The van der Waals surface area contributed by atoms with Gasteiger partial charge in [-0.2, -0.15) is 5.26 Å². The predicted molar refractivity (Wildman–Crippen MR) is 140 cm³/mol. The van der Waals surface area contributed by atoms with Crippen LogP contribution in [0.15, 0.2) is 36.4 Å². The molecule has 2 N–H and O–H groups in total. The van der Waals surface area contributed by atoms with Gasteiger partial charge in [0.2, 0.25) is 0 Å². The Morgan fingerprint density at radius 2 is 1.89 bits per heavy atom. The van der Waals surface area contributed by atoms with E-state index in [1.165, 1.54) is 11.3 Å². The number of aryl methyl sites for hydroxylation is 1. The number of benzene rings is 2. The lowest BCUT2D eigenvalue weighted by atomic mass is 9.87. The Hall–Kier alpha value is -3.34. The number of carbonyl (C=O) groups is 1. The standard InChI is InChI=1S/C29H33N5O2/c1-3-20-5-6-21(17-25(20)34-10-8-22(9-11-34)33-12-14-36-15-13-33)29(2)27-26(28(35)32-29)23-7-4-19(18-30)16-24(23)31-27/h4-7,16-17,22,31H,3,8-15H2,1-2H3,(H,32,35). The summed E-state index contributed by atoms with van der Waals surface area (Å²) in [4.78, 5) is 21.8. The number of nitrogens with one attached hydrogen (secondary N) is 2. The van der Waals surface area contributed by atoms with Crippen LogP contribution in [0, 0.1) is 11.3 Å². The van der Waals surface area contributed by atoms with Crippen LogP contribution in [0.3, 0.4) is 0 Å². The fourth-order valence-electron chi connectivity index (χ4n) is 6.33. The van der Waals surface area contributed by atoms with Gasteiger partial charge >= 0.3 is 0 Å². The van der Waals surface area contributed by atoms with Gasteiger partial charge in [0.1, 0.15) is 5.54 Å². The molecule has 3 aromatic rings. The lowest BCUT2D eigenvalue weighted by molar-refractivity contribution is 0.0115. The third kappa shape index (κ3) is 3.68. The molecule has 3 aliphatic rings. The molecule has 4 heterocycles. The number of aromatic amines is 1. The normalized spacial score (nSPS) is 23.0.